The molecule has 29 heavy (non-hydrogen) atoms. The van der Waals surface area contributed by atoms with E-state index in [1.165, 1.54) is 28.4 Å². The van der Waals surface area contributed by atoms with E-state index in [0.717, 1.165) is 11.1 Å². The van der Waals surface area contributed by atoms with E-state index in [-0.39, 0.29) is 35.5 Å². The Labute approximate surface area is 170 Å². The minimum absolute atomic E-state index is 0.0398. The molecule has 1 heterocycles. The van der Waals surface area contributed by atoms with Crippen molar-refractivity contribution in [1.29, 1.82) is 0 Å². The predicted octanol–water partition coefficient (Wildman–Crippen LogP) is 4.22. The van der Waals surface area contributed by atoms with Gasteiger partial charge in [0.15, 0.2) is 23.0 Å². The van der Waals surface area contributed by atoms with Gasteiger partial charge in [-0.15, -0.1) is 0 Å². The molecule has 0 aromatic heterocycles. The van der Waals surface area contributed by atoms with Crippen LogP contribution in [-0.2, 0) is 4.74 Å². The lowest BCUT2D eigenvalue weighted by Gasteiger charge is -2.19. The molecule has 1 aliphatic rings. The van der Waals surface area contributed by atoms with Crippen molar-refractivity contribution in [1.82, 2.24) is 0 Å². The monoisotopic (exact) mass is 404 g/mol. The summed E-state index contributed by atoms with van der Waals surface area (Å²) in [6, 6.07) is 7.08. The van der Waals surface area contributed by atoms with E-state index in [1.807, 2.05) is 0 Å². The number of aromatic hydroxyl groups is 2. The molecular weight excluding hydrogens is 376 g/mol. The third-order valence-electron chi connectivity index (χ3n) is 5.74. The molecule has 2 aromatic rings. The Hall–Kier alpha value is -2.80. The summed E-state index contributed by atoms with van der Waals surface area (Å²) in [5.74, 6) is 1.59. The molecule has 0 unspecified atom stereocenters. The lowest BCUT2D eigenvalue weighted by Crippen LogP contribution is -2.10. The summed E-state index contributed by atoms with van der Waals surface area (Å²) in [5, 5.41) is 20.4. The van der Waals surface area contributed by atoms with Crippen molar-refractivity contribution in [3.63, 3.8) is 0 Å². The van der Waals surface area contributed by atoms with Gasteiger partial charge < -0.3 is 33.9 Å². The van der Waals surface area contributed by atoms with Crippen LogP contribution in [0, 0.1) is 11.8 Å². The molecule has 0 bridgehead atoms. The lowest BCUT2D eigenvalue weighted by molar-refractivity contribution is 0.0285. The molecule has 0 amide bonds. The number of rotatable bonds is 6. The van der Waals surface area contributed by atoms with Crippen LogP contribution in [0.2, 0.25) is 0 Å². The average molecular weight is 404 g/mol. The first-order valence-electron chi connectivity index (χ1n) is 9.41. The van der Waals surface area contributed by atoms with Crippen molar-refractivity contribution in [2.45, 2.75) is 26.1 Å². The highest BCUT2D eigenvalue weighted by Crippen LogP contribution is 2.52. The Morgan fingerprint density at radius 2 is 0.897 bits per heavy atom. The molecule has 1 saturated heterocycles. The molecule has 1 fully saturated rings. The lowest BCUT2D eigenvalue weighted by atomic mass is 9.85. The van der Waals surface area contributed by atoms with Gasteiger partial charge in [-0.3, -0.25) is 0 Å². The van der Waals surface area contributed by atoms with Gasteiger partial charge in [-0.1, -0.05) is 13.8 Å². The van der Waals surface area contributed by atoms with Crippen LogP contribution in [0.15, 0.2) is 24.3 Å². The summed E-state index contributed by atoms with van der Waals surface area (Å²) in [6.07, 6.45) is -0.464. The number of phenols is 2. The second kappa shape index (κ2) is 8.29. The van der Waals surface area contributed by atoms with Crippen molar-refractivity contribution >= 4 is 0 Å². The summed E-state index contributed by atoms with van der Waals surface area (Å²) in [4.78, 5) is 0. The topological polar surface area (TPSA) is 86.6 Å². The maximum atomic E-state index is 10.2. The number of ether oxygens (including phenoxy) is 5. The van der Waals surface area contributed by atoms with Gasteiger partial charge in [-0.25, -0.2) is 0 Å². The standard InChI is InChI=1S/C22H28O7/c1-11-12(2)22(14-9-17(27-5)20(24)18(10-14)28-6)29-21(11)13-7-15(25-3)19(23)16(8-13)26-4/h7-12,21-24H,1-6H3/t11-,12+,21-,22-/m1/s1. The molecule has 0 radical (unpaired) electrons. The molecule has 158 valence electrons. The second-order valence-electron chi connectivity index (χ2n) is 7.24. The van der Waals surface area contributed by atoms with Crippen LogP contribution < -0.4 is 18.9 Å². The Morgan fingerprint density at radius 1 is 0.621 bits per heavy atom. The zero-order valence-electron chi connectivity index (χ0n) is 17.6. The molecule has 0 aliphatic carbocycles. The Bertz CT molecular complexity index is 758. The number of hydrogen-bond donors (Lipinski definition) is 2. The maximum Gasteiger partial charge on any atom is 0.200 e. The van der Waals surface area contributed by atoms with E-state index in [1.54, 1.807) is 24.3 Å². The second-order valence-corrected chi connectivity index (χ2v) is 7.24. The summed E-state index contributed by atoms with van der Waals surface area (Å²) < 4.78 is 27.6. The van der Waals surface area contributed by atoms with E-state index >= 15 is 0 Å². The first-order valence-corrected chi connectivity index (χ1v) is 9.41. The maximum absolute atomic E-state index is 10.2. The summed E-state index contributed by atoms with van der Waals surface area (Å²) in [5.41, 5.74) is 1.71. The fourth-order valence-corrected chi connectivity index (χ4v) is 3.88. The van der Waals surface area contributed by atoms with Crippen LogP contribution in [-0.4, -0.2) is 38.7 Å². The van der Waals surface area contributed by atoms with E-state index in [9.17, 15) is 10.2 Å². The predicted molar refractivity (Wildman–Crippen MR) is 107 cm³/mol. The Balaban J connectivity index is 2.00. The molecule has 2 aromatic carbocycles. The van der Waals surface area contributed by atoms with Gasteiger partial charge in [-0.2, -0.15) is 0 Å². The summed E-state index contributed by atoms with van der Waals surface area (Å²) in [7, 11) is 5.99. The van der Waals surface area contributed by atoms with Crippen LogP contribution in [0.5, 0.6) is 34.5 Å². The smallest absolute Gasteiger partial charge is 0.200 e. The largest absolute Gasteiger partial charge is 0.502 e. The fraction of sp³-hybridized carbons (Fsp3) is 0.455. The first-order chi connectivity index (χ1) is 13.9. The third kappa shape index (κ3) is 3.62. The Morgan fingerprint density at radius 3 is 1.14 bits per heavy atom. The van der Waals surface area contributed by atoms with Crippen LogP contribution in [0.25, 0.3) is 0 Å². The van der Waals surface area contributed by atoms with Crippen molar-refractivity contribution in [3.05, 3.63) is 35.4 Å². The minimum atomic E-state index is -0.232. The fourth-order valence-electron chi connectivity index (χ4n) is 3.88. The highest BCUT2D eigenvalue weighted by molar-refractivity contribution is 5.55. The molecule has 7 heteroatoms. The molecule has 3 rings (SSSR count). The van der Waals surface area contributed by atoms with E-state index in [2.05, 4.69) is 13.8 Å². The molecule has 2 N–H and O–H groups in total. The van der Waals surface area contributed by atoms with Crippen LogP contribution in [0.4, 0.5) is 0 Å². The molecule has 7 nitrogen and oxygen atoms in total. The first kappa shape index (κ1) is 20.9. The molecule has 4 atom stereocenters. The van der Waals surface area contributed by atoms with Crippen LogP contribution in [0.1, 0.15) is 37.2 Å². The van der Waals surface area contributed by atoms with Gasteiger partial charge in [-0.05, 0) is 47.2 Å². The van der Waals surface area contributed by atoms with E-state index < -0.39 is 0 Å². The minimum Gasteiger partial charge on any atom is -0.502 e. The summed E-state index contributed by atoms with van der Waals surface area (Å²) in [6.45, 7) is 4.24. The van der Waals surface area contributed by atoms with Crippen LogP contribution in [0.3, 0.4) is 0 Å². The zero-order chi connectivity index (χ0) is 21.3. The Kier molecular flexibility index (Phi) is 5.98. The van der Waals surface area contributed by atoms with Crippen LogP contribution >= 0.6 is 0 Å². The zero-order valence-corrected chi connectivity index (χ0v) is 17.6. The van der Waals surface area contributed by atoms with E-state index in [4.69, 9.17) is 23.7 Å². The van der Waals surface area contributed by atoms with Gasteiger partial charge >= 0.3 is 0 Å². The van der Waals surface area contributed by atoms with Crippen molar-refractivity contribution in [2.75, 3.05) is 28.4 Å². The van der Waals surface area contributed by atoms with Crippen molar-refractivity contribution in [3.8, 4) is 34.5 Å². The van der Waals surface area contributed by atoms with Crippen molar-refractivity contribution < 1.29 is 33.9 Å². The number of methoxy groups -OCH3 is 4. The summed E-state index contributed by atoms with van der Waals surface area (Å²) >= 11 is 0. The average Bonchev–Trinajstić information content (AvgIpc) is 3.03. The third-order valence-corrected chi connectivity index (χ3v) is 5.74. The van der Waals surface area contributed by atoms with Gasteiger partial charge in [0.25, 0.3) is 0 Å². The van der Waals surface area contributed by atoms with Gasteiger partial charge in [0.05, 0.1) is 40.6 Å². The van der Waals surface area contributed by atoms with E-state index in [0.29, 0.717) is 23.0 Å². The number of hydrogen-bond acceptors (Lipinski definition) is 7. The normalized spacial score (nSPS) is 23.7. The quantitative estimate of drug-likeness (QED) is 0.745. The number of phenolic OH excluding ortho intramolecular Hbond substituents is 2. The highest BCUT2D eigenvalue weighted by Gasteiger charge is 2.41. The number of benzene rings is 2. The molecule has 0 saturated carbocycles. The SMILES string of the molecule is COc1cc([C@@H]2O[C@@H](c3cc(OC)c(O)c(OC)c3)[C@@H](C)[C@H]2C)cc(OC)c1O. The molecule has 0 spiro atoms. The molecular formula is C22H28O7. The molecule has 1 aliphatic heterocycles. The van der Waals surface area contributed by atoms with Gasteiger partial charge in [0.2, 0.25) is 11.5 Å². The van der Waals surface area contributed by atoms with Crippen molar-refractivity contribution in [2.24, 2.45) is 11.8 Å². The van der Waals surface area contributed by atoms with Gasteiger partial charge in [0.1, 0.15) is 0 Å². The van der Waals surface area contributed by atoms with Gasteiger partial charge in [0, 0.05) is 0 Å². The highest BCUT2D eigenvalue weighted by atomic mass is 16.5.